The van der Waals surface area contributed by atoms with Crippen LogP contribution in [0, 0.1) is 6.92 Å². The number of rotatable bonds is 8. The Kier molecular flexibility index (Phi) is 6.97. The molecule has 1 aliphatic heterocycles. The standard InChI is InChI=1S/C21H29N3O5S/c1-16-6-7-18(30(26,27)23-14-17-5-4-10-29-17)13-19(16)20(25)22-15-21(2,3)24-8-11-28-12-9-24/h4-7,10,13,23H,8-9,11-12,14-15H2,1-3H3,(H,22,25). The van der Waals surface area contributed by atoms with E-state index in [1.165, 1.54) is 18.4 Å². The largest absolute Gasteiger partial charge is 0.468 e. The van der Waals surface area contributed by atoms with E-state index in [1.807, 2.05) is 0 Å². The van der Waals surface area contributed by atoms with Gasteiger partial charge in [-0.3, -0.25) is 9.69 Å². The predicted molar refractivity (Wildman–Crippen MR) is 113 cm³/mol. The van der Waals surface area contributed by atoms with Gasteiger partial charge in [0.25, 0.3) is 5.91 Å². The lowest BCUT2D eigenvalue weighted by molar-refractivity contribution is -0.00923. The Hall–Kier alpha value is -2.20. The minimum absolute atomic E-state index is 0.0391. The van der Waals surface area contributed by atoms with Crippen LogP contribution in [0.15, 0.2) is 45.9 Å². The first-order chi connectivity index (χ1) is 14.2. The number of furan rings is 1. The maximum atomic E-state index is 12.8. The highest BCUT2D eigenvalue weighted by atomic mass is 32.2. The third-order valence-corrected chi connectivity index (χ3v) is 6.73. The number of amides is 1. The van der Waals surface area contributed by atoms with Crippen molar-refractivity contribution in [2.24, 2.45) is 0 Å². The summed E-state index contributed by atoms with van der Waals surface area (Å²) in [5.41, 5.74) is 0.817. The number of morpholine rings is 1. The van der Waals surface area contributed by atoms with E-state index < -0.39 is 10.0 Å². The average Bonchev–Trinajstić information content (AvgIpc) is 3.25. The molecule has 0 spiro atoms. The topological polar surface area (TPSA) is 101 Å². The number of hydrogen-bond acceptors (Lipinski definition) is 6. The Morgan fingerprint density at radius 2 is 1.93 bits per heavy atom. The summed E-state index contributed by atoms with van der Waals surface area (Å²) in [7, 11) is -3.78. The Labute approximate surface area is 177 Å². The lowest BCUT2D eigenvalue weighted by atomic mass is 10.0. The highest BCUT2D eigenvalue weighted by Gasteiger charge is 2.29. The van der Waals surface area contributed by atoms with Gasteiger partial charge in [0.15, 0.2) is 0 Å². The van der Waals surface area contributed by atoms with Crippen LogP contribution in [0.4, 0.5) is 0 Å². The van der Waals surface area contributed by atoms with Gasteiger partial charge in [-0.05, 0) is 50.6 Å². The molecule has 30 heavy (non-hydrogen) atoms. The van der Waals surface area contributed by atoms with Gasteiger partial charge in [-0.25, -0.2) is 13.1 Å². The zero-order valence-electron chi connectivity index (χ0n) is 17.6. The molecule has 3 rings (SSSR count). The van der Waals surface area contributed by atoms with E-state index in [1.54, 1.807) is 25.1 Å². The first-order valence-electron chi connectivity index (χ1n) is 9.93. The number of nitrogens with zero attached hydrogens (tertiary/aromatic N) is 1. The molecule has 2 aromatic rings. The maximum absolute atomic E-state index is 12.8. The molecule has 1 aliphatic rings. The van der Waals surface area contributed by atoms with E-state index in [-0.39, 0.29) is 22.9 Å². The lowest BCUT2D eigenvalue weighted by Crippen LogP contribution is -2.55. The molecule has 1 fully saturated rings. The summed E-state index contributed by atoms with van der Waals surface area (Å²) in [6, 6.07) is 7.93. The van der Waals surface area contributed by atoms with Crippen molar-refractivity contribution in [1.29, 1.82) is 0 Å². The summed E-state index contributed by atoms with van der Waals surface area (Å²) in [6.45, 7) is 9.42. The summed E-state index contributed by atoms with van der Waals surface area (Å²) >= 11 is 0. The van der Waals surface area contributed by atoms with Crippen LogP contribution in [0.5, 0.6) is 0 Å². The molecule has 2 N–H and O–H groups in total. The van der Waals surface area contributed by atoms with Crippen LogP contribution < -0.4 is 10.0 Å². The first-order valence-corrected chi connectivity index (χ1v) is 11.4. The summed E-state index contributed by atoms with van der Waals surface area (Å²) < 4.78 is 38.3. The van der Waals surface area contributed by atoms with Crippen molar-refractivity contribution >= 4 is 15.9 Å². The van der Waals surface area contributed by atoms with Crippen molar-refractivity contribution in [3.8, 4) is 0 Å². The van der Waals surface area contributed by atoms with E-state index in [2.05, 4.69) is 28.8 Å². The Bertz CT molecular complexity index is 965. The van der Waals surface area contributed by atoms with Gasteiger partial charge in [0.2, 0.25) is 10.0 Å². The highest BCUT2D eigenvalue weighted by Crippen LogP contribution is 2.18. The molecule has 1 aromatic heterocycles. The van der Waals surface area contributed by atoms with Crippen molar-refractivity contribution in [2.75, 3.05) is 32.8 Å². The molecule has 1 amide bonds. The molecule has 8 nitrogen and oxygen atoms in total. The van der Waals surface area contributed by atoms with Crippen molar-refractivity contribution in [3.05, 3.63) is 53.5 Å². The van der Waals surface area contributed by atoms with Crippen molar-refractivity contribution in [1.82, 2.24) is 14.9 Å². The molecule has 0 aliphatic carbocycles. The molecule has 0 radical (unpaired) electrons. The van der Waals surface area contributed by atoms with Gasteiger partial charge in [-0.1, -0.05) is 6.07 Å². The number of carbonyl (C=O) groups excluding carboxylic acids is 1. The Balaban J connectivity index is 1.68. The SMILES string of the molecule is Cc1ccc(S(=O)(=O)NCc2ccco2)cc1C(=O)NCC(C)(C)N1CCOCC1. The molecule has 1 saturated heterocycles. The van der Waals surface area contributed by atoms with Crippen LogP contribution in [0.1, 0.15) is 35.5 Å². The van der Waals surface area contributed by atoms with Crippen LogP contribution in [0.3, 0.4) is 0 Å². The van der Waals surface area contributed by atoms with Gasteiger partial charge in [0, 0.05) is 30.7 Å². The van der Waals surface area contributed by atoms with Gasteiger partial charge in [-0.15, -0.1) is 0 Å². The predicted octanol–water partition coefficient (Wildman–Crippen LogP) is 1.91. The van der Waals surface area contributed by atoms with E-state index in [0.717, 1.165) is 13.1 Å². The average molecular weight is 436 g/mol. The summed E-state index contributed by atoms with van der Waals surface area (Å²) in [4.78, 5) is 15.2. The van der Waals surface area contributed by atoms with E-state index in [4.69, 9.17) is 9.15 Å². The minimum Gasteiger partial charge on any atom is -0.468 e. The fourth-order valence-corrected chi connectivity index (χ4v) is 4.37. The molecule has 9 heteroatoms. The highest BCUT2D eigenvalue weighted by molar-refractivity contribution is 7.89. The zero-order valence-corrected chi connectivity index (χ0v) is 18.4. The maximum Gasteiger partial charge on any atom is 0.251 e. The van der Waals surface area contributed by atoms with E-state index in [0.29, 0.717) is 36.6 Å². The van der Waals surface area contributed by atoms with Gasteiger partial charge in [0.05, 0.1) is 30.9 Å². The molecule has 0 atom stereocenters. The number of benzene rings is 1. The van der Waals surface area contributed by atoms with Crippen LogP contribution in [-0.4, -0.2) is 57.6 Å². The number of ether oxygens (including phenoxy) is 1. The van der Waals surface area contributed by atoms with Crippen LogP contribution in [0.2, 0.25) is 0 Å². The number of nitrogens with one attached hydrogen (secondary N) is 2. The monoisotopic (exact) mass is 435 g/mol. The van der Waals surface area contributed by atoms with Crippen LogP contribution in [0.25, 0.3) is 0 Å². The smallest absolute Gasteiger partial charge is 0.251 e. The second-order valence-electron chi connectivity index (χ2n) is 7.98. The van der Waals surface area contributed by atoms with Crippen molar-refractivity contribution < 1.29 is 22.4 Å². The number of aryl methyl sites for hydroxylation is 1. The minimum atomic E-state index is -3.78. The molecule has 0 unspecified atom stereocenters. The normalized spacial score (nSPS) is 15.8. The second kappa shape index (κ2) is 9.30. The number of carbonyl (C=O) groups is 1. The third kappa shape index (κ3) is 5.48. The summed E-state index contributed by atoms with van der Waals surface area (Å²) in [6.07, 6.45) is 1.48. The summed E-state index contributed by atoms with van der Waals surface area (Å²) in [5, 5.41) is 2.96. The number of sulfonamides is 1. The van der Waals surface area contributed by atoms with Crippen molar-refractivity contribution in [3.63, 3.8) is 0 Å². The molecule has 0 saturated carbocycles. The van der Waals surface area contributed by atoms with Gasteiger partial charge < -0.3 is 14.5 Å². The number of hydrogen-bond donors (Lipinski definition) is 2. The van der Waals surface area contributed by atoms with E-state index >= 15 is 0 Å². The fourth-order valence-electron chi connectivity index (χ4n) is 3.35. The molecular weight excluding hydrogens is 406 g/mol. The molecule has 2 heterocycles. The van der Waals surface area contributed by atoms with Gasteiger partial charge in [-0.2, -0.15) is 0 Å². The van der Waals surface area contributed by atoms with E-state index in [9.17, 15) is 13.2 Å². The zero-order chi connectivity index (χ0) is 21.8. The van der Waals surface area contributed by atoms with Crippen molar-refractivity contribution in [2.45, 2.75) is 37.8 Å². The van der Waals surface area contributed by atoms with Crippen LogP contribution in [-0.2, 0) is 21.3 Å². The quantitative estimate of drug-likeness (QED) is 0.657. The molecular formula is C21H29N3O5S. The van der Waals surface area contributed by atoms with Crippen LogP contribution >= 0.6 is 0 Å². The second-order valence-corrected chi connectivity index (χ2v) is 9.74. The molecule has 1 aromatic carbocycles. The summed E-state index contributed by atoms with van der Waals surface area (Å²) in [5.74, 6) is 0.214. The fraction of sp³-hybridized carbons (Fsp3) is 0.476. The lowest BCUT2D eigenvalue weighted by Gasteiger charge is -2.40. The molecule has 0 bridgehead atoms. The van der Waals surface area contributed by atoms with Gasteiger partial charge >= 0.3 is 0 Å². The third-order valence-electron chi connectivity index (χ3n) is 5.33. The first kappa shape index (κ1) is 22.5. The molecule has 164 valence electrons. The Morgan fingerprint density at radius 3 is 2.60 bits per heavy atom. The Morgan fingerprint density at radius 1 is 1.20 bits per heavy atom. The van der Waals surface area contributed by atoms with Gasteiger partial charge in [0.1, 0.15) is 5.76 Å².